The van der Waals surface area contributed by atoms with Gasteiger partial charge in [-0.1, -0.05) is 29.5 Å². The molecule has 0 saturated carbocycles. The van der Waals surface area contributed by atoms with Gasteiger partial charge in [0.2, 0.25) is 5.13 Å². The summed E-state index contributed by atoms with van der Waals surface area (Å²) < 4.78 is 2.73. The Morgan fingerprint density at radius 2 is 2.07 bits per heavy atom. The lowest BCUT2D eigenvalue weighted by molar-refractivity contribution is -0.385. The highest BCUT2D eigenvalue weighted by Gasteiger charge is 2.26. The van der Waals surface area contributed by atoms with Gasteiger partial charge in [0.15, 0.2) is 0 Å². The van der Waals surface area contributed by atoms with Crippen LogP contribution in [-0.2, 0) is 12.8 Å². The molecule has 4 aromatic rings. The van der Waals surface area contributed by atoms with Crippen LogP contribution in [0.1, 0.15) is 33.6 Å². The van der Waals surface area contributed by atoms with Gasteiger partial charge in [-0.3, -0.25) is 14.9 Å². The second-order valence-electron chi connectivity index (χ2n) is 7.22. The van der Waals surface area contributed by atoms with E-state index in [0.717, 1.165) is 40.7 Å². The number of nitro groups is 1. The van der Waals surface area contributed by atoms with Crippen molar-refractivity contribution < 1.29 is 9.72 Å². The number of carbonyl (C=O) groups is 1. The molecule has 0 bridgehead atoms. The molecule has 30 heavy (non-hydrogen) atoms. The van der Waals surface area contributed by atoms with Crippen molar-refractivity contribution in [1.29, 1.82) is 0 Å². The Labute approximate surface area is 175 Å². The molecule has 0 fully saturated rings. The third kappa shape index (κ3) is 3.03. The van der Waals surface area contributed by atoms with Crippen molar-refractivity contribution in [3.8, 4) is 5.13 Å². The van der Waals surface area contributed by atoms with Gasteiger partial charge in [0, 0.05) is 22.8 Å². The number of hydrogen-bond donors (Lipinski definition) is 1. The lowest BCUT2D eigenvalue weighted by Gasteiger charge is -2.09. The molecule has 0 unspecified atom stereocenters. The summed E-state index contributed by atoms with van der Waals surface area (Å²) in [6.07, 6.45) is 2.66. The molecule has 9 heteroatoms. The molecule has 1 N–H and O–H groups in total. The number of nitrogens with zero attached hydrogens (tertiary/aromatic N) is 4. The van der Waals surface area contributed by atoms with E-state index in [-0.39, 0.29) is 11.3 Å². The van der Waals surface area contributed by atoms with Crippen LogP contribution in [0.4, 0.5) is 11.5 Å². The number of nitro benzene ring substituents is 1. The van der Waals surface area contributed by atoms with Crippen molar-refractivity contribution in [3.63, 3.8) is 0 Å². The summed E-state index contributed by atoms with van der Waals surface area (Å²) in [4.78, 5) is 28.4. The number of benzene rings is 2. The van der Waals surface area contributed by atoms with E-state index in [1.807, 2.05) is 24.3 Å². The second kappa shape index (κ2) is 7.03. The van der Waals surface area contributed by atoms with E-state index in [0.29, 0.717) is 16.5 Å². The summed E-state index contributed by atoms with van der Waals surface area (Å²) in [7, 11) is 0. The van der Waals surface area contributed by atoms with Gasteiger partial charge in [-0.2, -0.15) is 9.78 Å². The van der Waals surface area contributed by atoms with Crippen molar-refractivity contribution in [3.05, 3.63) is 75.0 Å². The number of fused-ring (bicyclic) bond motifs is 2. The standard InChI is InChI=1S/C21H17N5O3S/c1-12-9-10-13(11-17(12)26(28)29)20(27)23-19-14-5-4-7-15(14)24-25(19)21-22-16-6-2-3-8-18(16)30-21/h2-3,6,8-11H,4-5,7H2,1H3,(H,23,27). The summed E-state index contributed by atoms with van der Waals surface area (Å²) in [5.74, 6) is 0.185. The predicted octanol–water partition coefficient (Wildman–Crippen LogP) is 4.44. The highest BCUT2D eigenvalue weighted by Crippen LogP contribution is 2.34. The van der Waals surface area contributed by atoms with Crippen molar-refractivity contribution in [2.24, 2.45) is 0 Å². The Hall–Kier alpha value is -3.59. The maximum atomic E-state index is 13.0. The molecule has 0 spiro atoms. The van der Waals surface area contributed by atoms with Gasteiger partial charge >= 0.3 is 0 Å². The fourth-order valence-corrected chi connectivity index (χ4v) is 4.66. The summed E-state index contributed by atoms with van der Waals surface area (Å²) in [5, 5.41) is 19.6. The fraction of sp³-hybridized carbons (Fsp3) is 0.190. The smallest absolute Gasteiger partial charge is 0.273 e. The van der Waals surface area contributed by atoms with E-state index in [4.69, 9.17) is 5.10 Å². The van der Waals surface area contributed by atoms with Crippen LogP contribution < -0.4 is 5.32 Å². The lowest BCUT2D eigenvalue weighted by atomic mass is 10.1. The van der Waals surface area contributed by atoms with Crippen LogP contribution in [-0.4, -0.2) is 25.6 Å². The van der Waals surface area contributed by atoms with Gasteiger partial charge in [0.25, 0.3) is 11.6 Å². The second-order valence-corrected chi connectivity index (χ2v) is 8.22. The number of amides is 1. The minimum Gasteiger partial charge on any atom is -0.306 e. The predicted molar refractivity (Wildman–Crippen MR) is 115 cm³/mol. The minimum absolute atomic E-state index is 0.0763. The monoisotopic (exact) mass is 419 g/mol. The van der Waals surface area contributed by atoms with Crippen LogP contribution in [0.15, 0.2) is 42.5 Å². The molecule has 5 rings (SSSR count). The molecule has 2 aromatic carbocycles. The van der Waals surface area contributed by atoms with Crippen molar-refractivity contribution >= 4 is 39.0 Å². The number of carbonyl (C=O) groups excluding carboxylic acids is 1. The number of thiazole rings is 1. The molecule has 0 saturated heterocycles. The van der Waals surface area contributed by atoms with Gasteiger partial charge in [0.05, 0.1) is 20.8 Å². The van der Waals surface area contributed by atoms with Crippen molar-refractivity contribution in [2.75, 3.05) is 5.32 Å². The first kappa shape index (κ1) is 18.4. The number of rotatable bonds is 4. The number of aryl methyl sites for hydroxylation is 2. The Morgan fingerprint density at radius 3 is 2.87 bits per heavy atom. The molecule has 1 amide bonds. The maximum absolute atomic E-state index is 13.0. The van der Waals surface area contributed by atoms with Gasteiger partial charge in [-0.05, 0) is 44.4 Å². The number of anilines is 1. The molecule has 150 valence electrons. The molecule has 2 aromatic heterocycles. The molecule has 0 radical (unpaired) electrons. The zero-order valence-electron chi connectivity index (χ0n) is 16.1. The minimum atomic E-state index is -0.477. The zero-order valence-corrected chi connectivity index (χ0v) is 16.9. The van der Waals surface area contributed by atoms with E-state index in [1.165, 1.54) is 17.4 Å². The third-order valence-electron chi connectivity index (χ3n) is 5.27. The molecule has 0 aliphatic heterocycles. The van der Waals surface area contributed by atoms with Crippen LogP contribution in [0.3, 0.4) is 0 Å². The van der Waals surface area contributed by atoms with E-state index < -0.39 is 10.8 Å². The quantitative estimate of drug-likeness (QED) is 0.389. The first-order valence-corrected chi connectivity index (χ1v) is 10.4. The average Bonchev–Trinajstić information content (AvgIpc) is 3.43. The Kier molecular flexibility index (Phi) is 4.32. The highest BCUT2D eigenvalue weighted by molar-refractivity contribution is 7.20. The van der Waals surface area contributed by atoms with E-state index in [1.54, 1.807) is 23.7 Å². The van der Waals surface area contributed by atoms with Crippen LogP contribution in [0.5, 0.6) is 0 Å². The molecule has 1 aliphatic carbocycles. The van der Waals surface area contributed by atoms with Gasteiger partial charge in [-0.25, -0.2) is 4.98 Å². The summed E-state index contributed by atoms with van der Waals surface area (Å²) in [5.41, 5.74) is 3.50. The van der Waals surface area contributed by atoms with Gasteiger partial charge in [-0.15, -0.1) is 0 Å². The van der Waals surface area contributed by atoms with Crippen LogP contribution in [0.2, 0.25) is 0 Å². The fourth-order valence-electron chi connectivity index (χ4n) is 3.74. The Balaban J connectivity index is 1.55. The number of nitrogens with one attached hydrogen (secondary N) is 1. The van der Waals surface area contributed by atoms with Crippen LogP contribution in [0, 0.1) is 17.0 Å². The summed E-state index contributed by atoms with van der Waals surface area (Å²) >= 11 is 1.50. The SMILES string of the molecule is Cc1ccc(C(=O)Nc2c3c(nn2-c2nc4ccccc4s2)CCC3)cc1[N+](=O)[O-]. The molecular weight excluding hydrogens is 402 g/mol. The Morgan fingerprint density at radius 1 is 1.23 bits per heavy atom. The summed E-state index contributed by atoms with van der Waals surface area (Å²) in [6.45, 7) is 1.65. The largest absolute Gasteiger partial charge is 0.306 e. The number of para-hydroxylation sites is 1. The molecule has 0 atom stereocenters. The van der Waals surface area contributed by atoms with Gasteiger partial charge in [0.1, 0.15) is 5.82 Å². The van der Waals surface area contributed by atoms with E-state index in [2.05, 4.69) is 10.3 Å². The van der Waals surface area contributed by atoms with Crippen LogP contribution in [0.25, 0.3) is 15.3 Å². The number of hydrogen-bond acceptors (Lipinski definition) is 6. The maximum Gasteiger partial charge on any atom is 0.273 e. The Bertz CT molecular complexity index is 1290. The lowest BCUT2D eigenvalue weighted by Crippen LogP contribution is -2.16. The molecular formula is C21H17N5O3S. The highest BCUT2D eigenvalue weighted by atomic mass is 32.1. The zero-order chi connectivity index (χ0) is 20.8. The summed E-state index contributed by atoms with van der Waals surface area (Å²) in [6, 6.07) is 12.3. The molecule has 2 heterocycles. The number of aromatic nitrogens is 3. The van der Waals surface area contributed by atoms with Crippen molar-refractivity contribution in [1.82, 2.24) is 14.8 Å². The normalized spacial score (nSPS) is 12.8. The average molecular weight is 419 g/mol. The van der Waals surface area contributed by atoms with Crippen molar-refractivity contribution in [2.45, 2.75) is 26.2 Å². The molecule has 8 nitrogen and oxygen atoms in total. The first-order chi connectivity index (χ1) is 14.5. The first-order valence-electron chi connectivity index (χ1n) is 9.54. The van der Waals surface area contributed by atoms with E-state index >= 15 is 0 Å². The van der Waals surface area contributed by atoms with Gasteiger partial charge < -0.3 is 5.32 Å². The van der Waals surface area contributed by atoms with E-state index in [9.17, 15) is 14.9 Å². The third-order valence-corrected chi connectivity index (χ3v) is 6.28. The topological polar surface area (TPSA) is 103 Å². The molecule has 1 aliphatic rings. The van der Waals surface area contributed by atoms with Crippen LogP contribution >= 0.6 is 11.3 Å².